The molecule has 0 radical (unpaired) electrons. The van der Waals surface area contributed by atoms with Crippen molar-refractivity contribution in [3.63, 3.8) is 0 Å². The third-order valence-electron chi connectivity index (χ3n) is 2.38. The molecule has 0 saturated heterocycles. The predicted octanol–water partition coefficient (Wildman–Crippen LogP) is 1.79. The number of nitrogens with two attached hydrogens (primary N) is 1. The summed E-state index contributed by atoms with van der Waals surface area (Å²) in [6.45, 7) is 5.59. The Hall–Kier alpha value is -0.220. The summed E-state index contributed by atoms with van der Waals surface area (Å²) >= 11 is 0. The van der Waals surface area contributed by atoms with Gasteiger partial charge < -0.3 is 10.5 Å². The van der Waals surface area contributed by atoms with Crippen molar-refractivity contribution in [3.05, 3.63) is 0 Å². The van der Waals surface area contributed by atoms with E-state index in [1.807, 2.05) is 20.8 Å². The maximum atomic E-state index is 12.9. The standard InChI is InChI=1S/C9H17F2NO/c1-7(2,3)13-6-8(5-12)4-9(8,10)11/h4-6,12H2,1-3H3. The monoisotopic (exact) mass is 193 g/mol. The van der Waals surface area contributed by atoms with Crippen LogP contribution in [0.3, 0.4) is 0 Å². The highest BCUT2D eigenvalue weighted by atomic mass is 19.3. The first-order valence-corrected chi connectivity index (χ1v) is 4.44. The van der Waals surface area contributed by atoms with Gasteiger partial charge in [0.2, 0.25) is 0 Å². The van der Waals surface area contributed by atoms with E-state index in [0.717, 1.165) is 0 Å². The molecule has 0 heterocycles. The molecular formula is C9H17F2NO. The molecule has 0 bridgehead atoms. The van der Waals surface area contributed by atoms with Crippen molar-refractivity contribution in [2.45, 2.75) is 38.7 Å². The molecule has 0 aromatic heterocycles. The Morgan fingerprint density at radius 2 is 1.85 bits per heavy atom. The summed E-state index contributed by atoms with van der Waals surface area (Å²) < 4.78 is 31.1. The molecule has 2 nitrogen and oxygen atoms in total. The van der Waals surface area contributed by atoms with Crippen LogP contribution in [0.15, 0.2) is 0 Å². The fraction of sp³-hybridized carbons (Fsp3) is 1.00. The molecule has 78 valence electrons. The lowest BCUT2D eigenvalue weighted by Crippen LogP contribution is -2.32. The van der Waals surface area contributed by atoms with Crippen LogP contribution in [0.1, 0.15) is 27.2 Å². The van der Waals surface area contributed by atoms with Crippen LogP contribution in [0.5, 0.6) is 0 Å². The van der Waals surface area contributed by atoms with Crippen LogP contribution in [-0.2, 0) is 4.74 Å². The second-order valence-corrected chi connectivity index (χ2v) is 4.77. The number of hydrogen-bond donors (Lipinski definition) is 1. The highest BCUT2D eigenvalue weighted by Gasteiger charge is 2.70. The van der Waals surface area contributed by atoms with Gasteiger partial charge in [0.15, 0.2) is 0 Å². The smallest absolute Gasteiger partial charge is 0.258 e. The molecule has 1 atom stereocenters. The lowest BCUT2D eigenvalue weighted by Gasteiger charge is -2.23. The molecule has 0 aromatic rings. The summed E-state index contributed by atoms with van der Waals surface area (Å²) in [6, 6.07) is 0. The third kappa shape index (κ3) is 2.17. The van der Waals surface area contributed by atoms with Gasteiger partial charge in [0.05, 0.1) is 17.6 Å². The highest BCUT2D eigenvalue weighted by molar-refractivity contribution is 5.11. The number of ether oxygens (including phenoxy) is 1. The van der Waals surface area contributed by atoms with E-state index in [9.17, 15) is 8.78 Å². The van der Waals surface area contributed by atoms with Gasteiger partial charge in [-0.2, -0.15) is 0 Å². The SMILES string of the molecule is CC(C)(C)OCC1(CN)CC1(F)F. The van der Waals surface area contributed by atoms with Gasteiger partial charge in [0.1, 0.15) is 0 Å². The van der Waals surface area contributed by atoms with Gasteiger partial charge in [-0.1, -0.05) is 0 Å². The van der Waals surface area contributed by atoms with E-state index in [1.54, 1.807) is 0 Å². The fourth-order valence-corrected chi connectivity index (χ4v) is 1.17. The summed E-state index contributed by atoms with van der Waals surface area (Å²) in [5.74, 6) is -2.62. The molecule has 13 heavy (non-hydrogen) atoms. The van der Waals surface area contributed by atoms with Gasteiger partial charge >= 0.3 is 0 Å². The summed E-state index contributed by atoms with van der Waals surface area (Å²) in [7, 11) is 0. The van der Waals surface area contributed by atoms with Crippen molar-refractivity contribution in [2.75, 3.05) is 13.2 Å². The molecular weight excluding hydrogens is 176 g/mol. The third-order valence-corrected chi connectivity index (χ3v) is 2.38. The molecule has 1 saturated carbocycles. The van der Waals surface area contributed by atoms with Crippen molar-refractivity contribution < 1.29 is 13.5 Å². The van der Waals surface area contributed by atoms with E-state index in [-0.39, 0.29) is 25.2 Å². The zero-order valence-corrected chi connectivity index (χ0v) is 8.36. The number of rotatable bonds is 3. The Morgan fingerprint density at radius 3 is 2.08 bits per heavy atom. The lowest BCUT2D eigenvalue weighted by molar-refractivity contribution is -0.0537. The van der Waals surface area contributed by atoms with E-state index in [2.05, 4.69) is 0 Å². The highest BCUT2D eigenvalue weighted by Crippen LogP contribution is 2.60. The molecule has 0 aromatic carbocycles. The molecule has 1 aliphatic carbocycles. The largest absolute Gasteiger partial charge is 0.375 e. The Kier molecular flexibility index (Phi) is 2.41. The number of alkyl halides is 2. The van der Waals surface area contributed by atoms with E-state index >= 15 is 0 Å². The van der Waals surface area contributed by atoms with Crippen LogP contribution in [0.2, 0.25) is 0 Å². The molecule has 1 aliphatic rings. The molecule has 1 rings (SSSR count). The second-order valence-electron chi connectivity index (χ2n) is 4.77. The van der Waals surface area contributed by atoms with Crippen LogP contribution < -0.4 is 5.73 Å². The average Bonchev–Trinajstić information content (AvgIpc) is 2.49. The first kappa shape index (κ1) is 10.9. The molecule has 0 amide bonds. The lowest BCUT2D eigenvalue weighted by atomic mass is 10.1. The van der Waals surface area contributed by atoms with Crippen LogP contribution in [0.25, 0.3) is 0 Å². The first-order chi connectivity index (χ1) is 5.72. The maximum Gasteiger partial charge on any atom is 0.258 e. The van der Waals surface area contributed by atoms with Crippen molar-refractivity contribution >= 4 is 0 Å². The molecule has 0 aliphatic heterocycles. The van der Waals surface area contributed by atoms with E-state index in [0.29, 0.717) is 0 Å². The topological polar surface area (TPSA) is 35.2 Å². The van der Waals surface area contributed by atoms with E-state index in [4.69, 9.17) is 10.5 Å². The van der Waals surface area contributed by atoms with Gasteiger partial charge in [0.25, 0.3) is 5.92 Å². The molecule has 0 spiro atoms. The predicted molar refractivity (Wildman–Crippen MR) is 46.8 cm³/mol. The van der Waals surface area contributed by atoms with Crippen molar-refractivity contribution in [1.29, 1.82) is 0 Å². The minimum atomic E-state index is -2.62. The van der Waals surface area contributed by atoms with Crippen molar-refractivity contribution in [2.24, 2.45) is 11.1 Å². The Labute approximate surface area is 77.4 Å². The van der Waals surface area contributed by atoms with E-state index < -0.39 is 11.3 Å². The second kappa shape index (κ2) is 2.89. The van der Waals surface area contributed by atoms with Crippen molar-refractivity contribution in [1.82, 2.24) is 0 Å². The Balaban J connectivity index is 2.45. The fourth-order valence-electron chi connectivity index (χ4n) is 1.17. The Bertz CT molecular complexity index is 200. The van der Waals surface area contributed by atoms with Gasteiger partial charge in [-0.05, 0) is 20.8 Å². The van der Waals surface area contributed by atoms with Crippen LogP contribution in [-0.4, -0.2) is 24.7 Å². The van der Waals surface area contributed by atoms with Crippen LogP contribution in [0, 0.1) is 5.41 Å². The maximum absolute atomic E-state index is 12.9. The normalized spacial score (nSPS) is 31.8. The summed E-state index contributed by atoms with van der Waals surface area (Å²) in [4.78, 5) is 0. The zero-order valence-electron chi connectivity index (χ0n) is 8.36. The van der Waals surface area contributed by atoms with Gasteiger partial charge in [-0.25, -0.2) is 8.78 Å². The average molecular weight is 193 g/mol. The van der Waals surface area contributed by atoms with Gasteiger partial charge in [0, 0.05) is 13.0 Å². The van der Waals surface area contributed by atoms with E-state index in [1.165, 1.54) is 0 Å². The van der Waals surface area contributed by atoms with Gasteiger partial charge in [-0.15, -0.1) is 0 Å². The van der Waals surface area contributed by atoms with Crippen LogP contribution in [0.4, 0.5) is 8.78 Å². The van der Waals surface area contributed by atoms with Crippen LogP contribution >= 0.6 is 0 Å². The quantitative estimate of drug-likeness (QED) is 0.741. The van der Waals surface area contributed by atoms with Gasteiger partial charge in [-0.3, -0.25) is 0 Å². The number of halogens is 2. The number of hydrogen-bond acceptors (Lipinski definition) is 2. The summed E-state index contributed by atoms with van der Waals surface area (Å²) in [5.41, 5.74) is 3.86. The summed E-state index contributed by atoms with van der Waals surface area (Å²) in [6.07, 6.45) is -0.132. The minimum Gasteiger partial charge on any atom is -0.375 e. The Morgan fingerprint density at radius 1 is 1.38 bits per heavy atom. The zero-order chi connectivity index (χ0) is 10.3. The first-order valence-electron chi connectivity index (χ1n) is 4.44. The summed E-state index contributed by atoms with van der Waals surface area (Å²) in [5, 5.41) is 0. The van der Waals surface area contributed by atoms with Crippen molar-refractivity contribution in [3.8, 4) is 0 Å². The molecule has 4 heteroatoms. The minimum absolute atomic E-state index is 0.00389. The molecule has 1 fully saturated rings. The molecule has 2 N–H and O–H groups in total. The molecule has 1 unspecified atom stereocenters.